The van der Waals surface area contributed by atoms with Crippen molar-refractivity contribution < 1.29 is 14.1 Å². The molecule has 2 aromatic carbocycles. The highest BCUT2D eigenvalue weighted by Crippen LogP contribution is 2.48. The maximum atomic E-state index is 12.9. The van der Waals surface area contributed by atoms with E-state index in [1.54, 1.807) is 18.8 Å². The molecule has 0 radical (unpaired) electrons. The Labute approximate surface area is 228 Å². The van der Waals surface area contributed by atoms with E-state index in [1.165, 1.54) is 0 Å². The molecular weight excluding hydrogens is 494 g/mol. The fourth-order valence-corrected chi connectivity index (χ4v) is 6.58. The summed E-state index contributed by atoms with van der Waals surface area (Å²) in [5.74, 6) is -0.419. The lowest BCUT2D eigenvalue weighted by Gasteiger charge is -2.38. The van der Waals surface area contributed by atoms with Crippen LogP contribution in [0.1, 0.15) is 100 Å². The van der Waals surface area contributed by atoms with Crippen LogP contribution < -0.4 is 22.1 Å². The summed E-state index contributed by atoms with van der Waals surface area (Å²) in [6.45, 7) is 1.95. The molecule has 0 bridgehead atoms. The molecule has 2 aliphatic carbocycles. The first-order valence-corrected chi connectivity index (χ1v) is 13.9. The zero-order valence-electron chi connectivity index (χ0n) is 22.9. The second-order valence-corrected chi connectivity index (χ2v) is 10.9. The highest BCUT2D eigenvalue weighted by atomic mass is 16.5. The summed E-state index contributed by atoms with van der Waals surface area (Å²) >= 11 is 0. The average molecular weight is 532 g/mol. The smallest absolute Gasteiger partial charge is 0.355 e. The molecule has 1 fully saturated rings. The largest absolute Gasteiger partial charge is 0.459 e. The summed E-state index contributed by atoms with van der Waals surface area (Å²) in [5, 5.41) is 5.42. The Kier molecular flexibility index (Phi) is 7.44. The van der Waals surface area contributed by atoms with Gasteiger partial charge in [0.15, 0.2) is 5.82 Å². The van der Waals surface area contributed by atoms with Gasteiger partial charge in [-0.25, -0.2) is 4.79 Å². The number of carbonyl (C=O) groups is 2. The maximum absolute atomic E-state index is 12.9. The van der Waals surface area contributed by atoms with Gasteiger partial charge in [-0.1, -0.05) is 31.4 Å². The number of nitrogens with zero attached hydrogens (tertiary/aromatic N) is 2. The third-order valence-corrected chi connectivity index (χ3v) is 8.27. The van der Waals surface area contributed by atoms with E-state index in [2.05, 4.69) is 15.6 Å². The summed E-state index contributed by atoms with van der Waals surface area (Å²) in [7, 11) is 3.23. The van der Waals surface area contributed by atoms with Gasteiger partial charge in [-0.05, 0) is 85.5 Å². The fourth-order valence-electron chi connectivity index (χ4n) is 6.58. The Morgan fingerprint density at radius 1 is 1.00 bits per heavy atom. The van der Waals surface area contributed by atoms with Gasteiger partial charge < -0.3 is 20.9 Å². The second-order valence-electron chi connectivity index (χ2n) is 10.9. The number of rotatable bonds is 6. The first-order valence-electron chi connectivity index (χ1n) is 13.9. The maximum Gasteiger partial charge on any atom is 0.459 e. The monoisotopic (exact) mass is 531 g/mol. The highest BCUT2D eigenvalue weighted by molar-refractivity contribution is 5.95. The molecule has 2 amide bonds. The fraction of sp³-hybridized carbons (Fsp3) is 0.467. The van der Waals surface area contributed by atoms with Crippen LogP contribution in [0.25, 0.3) is 0 Å². The molecule has 1 saturated carbocycles. The third-order valence-electron chi connectivity index (χ3n) is 8.27. The van der Waals surface area contributed by atoms with Crippen molar-refractivity contribution >= 4 is 11.8 Å². The molecular formula is C30H37N5O4. The summed E-state index contributed by atoms with van der Waals surface area (Å²) in [6, 6.07) is 11.2. The molecule has 206 valence electrons. The summed E-state index contributed by atoms with van der Waals surface area (Å²) in [5.41, 5.74) is 10.7. The van der Waals surface area contributed by atoms with Gasteiger partial charge in [0.1, 0.15) is 0 Å². The van der Waals surface area contributed by atoms with Gasteiger partial charge in [0, 0.05) is 31.3 Å². The molecule has 9 nitrogen and oxygen atoms in total. The van der Waals surface area contributed by atoms with Gasteiger partial charge in [-0.15, -0.1) is 0 Å². The number of fused-ring (bicyclic) bond motifs is 2. The number of nitrogens with one attached hydrogen (secondary N) is 2. The van der Waals surface area contributed by atoms with Gasteiger partial charge in [-0.2, -0.15) is 9.72 Å². The van der Waals surface area contributed by atoms with E-state index >= 15 is 0 Å². The van der Waals surface area contributed by atoms with Gasteiger partial charge in [0.25, 0.3) is 11.8 Å². The number of hydrogen-bond donors (Lipinski definition) is 3. The van der Waals surface area contributed by atoms with Gasteiger partial charge in [-0.3, -0.25) is 9.59 Å². The Bertz CT molecular complexity index is 1380. The SMILES string of the molecule is CNC(=O)c1ccc2c(c1)CCc1cc(C(=O)NC)ccc1C2(C[C@H](C)N)c1nc(=O)on1C1CCCCC1. The van der Waals surface area contributed by atoms with Crippen molar-refractivity contribution in [2.45, 2.75) is 75.8 Å². The van der Waals surface area contributed by atoms with Gasteiger partial charge in [0.2, 0.25) is 0 Å². The molecule has 1 heterocycles. The lowest BCUT2D eigenvalue weighted by molar-refractivity contribution is 0.0955. The minimum absolute atomic E-state index is 0.0272. The van der Waals surface area contributed by atoms with E-state index in [0.717, 1.165) is 54.4 Å². The second kappa shape index (κ2) is 10.8. The van der Waals surface area contributed by atoms with Crippen LogP contribution in [0.2, 0.25) is 0 Å². The van der Waals surface area contributed by atoms with E-state index < -0.39 is 11.2 Å². The molecule has 2 aliphatic rings. The van der Waals surface area contributed by atoms with Crippen LogP contribution in [0.4, 0.5) is 0 Å². The van der Waals surface area contributed by atoms with E-state index in [9.17, 15) is 14.4 Å². The average Bonchev–Trinajstić information content (AvgIpc) is 3.30. The van der Waals surface area contributed by atoms with E-state index in [1.807, 2.05) is 43.3 Å². The summed E-state index contributed by atoms with van der Waals surface area (Å²) in [4.78, 5) is 42.6. The van der Waals surface area contributed by atoms with Crippen molar-refractivity contribution in [2.75, 3.05) is 14.1 Å². The number of carbonyl (C=O) groups excluding carboxylic acids is 2. The Balaban J connectivity index is 1.84. The predicted octanol–water partition coefficient (Wildman–Crippen LogP) is 3.23. The Morgan fingerprint density at radius 2 is 1.54 bits per heavy atom. The molecule has 1 aromatic heterocycles. The summed E-state index contributed by atoms with van der Waals surface area (Å²) in [6.07, 6.45) is 6.86. The Hall–Kier alpha value is -3.72. The molecule has 0 unspecified atom stereocenters. The van der Waals surface area contributed by atoms with Crippen LogP contribution >= 0.6 is 0 Å². The van der Waals surface area contributed by atoms with Crippen LogP contribution in [0.5, 0.6) is 0 Å². The highest BCUT2D eigenvalue weighted by Gasteiger charge is 2.47. The van der Waals surface area contributed by atoms with Crippen LogP contribution in [-0.4, -0.2) is 41.7 Å². The molecule has 5 rings (SSSR count). The minimum Gasteiger partial charge on any atom is -0.355 e. The third kappa shape index (κ3) is 4.80. The molecule has 3 aromatic rings. The predicted molar refractivity (Wildman–Crippen MR) is 148 cm³/mol. The molecule has 9 heteroatoms. The van der Waals surface area contributed by atoms with Crippen molar-refractivity contribution in [1.82, 2.24) is 20.4 Å². The first-order chi connectivity index (χ1) is 18.8. The lowest BCUT2D eigenvalue weighted by Crippen LogP contribution is -2.40. The normalized spacial score (nSPS) is 17.4. The van der Waals surface area contributed by atoms with Crippen molar-refractivity contribution in [1.29, 1.82) is 0 Å². The minimum atomic E-state index is -0.915. The van der Waals surface area contributed by atoms with Crippen molar-refractivity contribution in [3.05, 3.63) is 86.2 Å². The van der Waals surface area contributed by atoms with Crippen LogP contribution in [-0.2, 0) is 18.3 Å². The van der Waals surface area contributed by atoms with Crippen molar-refractivity contribution in [3.63, 3.8) is 0 Å². The van der Waals surface area contributed by atoms with E-state index in [0.29, 0.717) is 36.2 Å². The zero-order valence-corrected chi connectivity index (χ0v) is 22.9. The topological polar surface area (TPSA) is 132 Å². The molecule has 0 spiro atoms. The molecule has 1 atom stereocenters. The molecule has 0 aliphatic heterocycles. The van der Waals surface area contributed by atoms with Gasteiger partial charge in [0.05, 0.1) is 11.5 Å². The van der Waals surface area contributed by atoms with E-state index in [-0.39, 0.29) is 23.9 Å². The first kappa shape index (κ1) is 26.9. The number of nitrogens with two attached hydrogens (primary N) is 1. The molecule has 4 N–H and O–H groups in total. The number of amides is 2. The van der Waals surface area contributed by atoms with Crippen molar-refractivity contribution in [3.8, 4) is 0 Å². The number of aromatic nitrogens is 2. The van der Waals surface area contributed by atoms with Crippen molar-refractivity contribution in [2.24, 2.45) is 5.73 Å². The standard InChI is InChI=1S/C30H37N5O4/c1-18(31)17-30(28-34-29(38)39-35(28)23-7-5-4-6-8-23)24-13-11-21(26(36)32-2)15-19(24)9-10-20-16-22(27(37)33-3)12-14-25(20)30/h11-16,18,23H,4-10,17,31H2,1-3H3,(H,32,36)(H,33,37)/t18-/m0/s1. The van der Waals surface area contributed by atoms with Gasteiger partial charge >= 0.3 is 5.76 Å². The number of benzene rings is 2. The van der Waals surface area contributed by atoms with Crippen LogP contribution in [0, 0.1) is 0 Å². The number of aryl methyl sites for hydroxylation is 2. The molecule has 39 heavy (non-hydrogen) atoms. The quantitative estimate of drug-likeness (QED) is 0.447. The van der Waals surface area contributed by atoms with E-state index in [4.69, 9.17) is 10.3 Å². The van der Waals surface area contributed by atoms with Crippen LogP contribution in [0.15, 0.2) is 45.7 Å². The Morgan fingerprint density at radius 3 is 2.03 bits per heavy atom. The zero-order chi connectivity index (χ0) is 27.7. The van der Waals surface area contributed by atoms with Crippen LogP contribution in [0.3, 0.4) is 0 Å². The number of hydrogen-bond acceptors (Lipinski definition) is 6. The summed E-state index contributed by atoms with van der Waals surface area (Å²) < 4.78 is 7.58. The molecule has 0 saturated heterocycles. The lowest BCUT2D eigenvalue weighted by atomic mass is 9.67.